The van der Waals surface area contributed by atoms with E-state index in [-0.39, 0.29) is 12.4 Å². The molecule has 3 heterocycles. The molecular weight excluding hydrogens is 438 g/mol. The van der Waals surface area contributed by atoms with E-state index in [0.29, 0.717) is 34.0 Å². The molecule has 0 atom stereocenters. The molecule has 0 saturated carbocycles. The van der Waals surface area contributed by atoms with Crippen LogP contribution in [-0.2, 0) is 13.7 Å². The molecule has 0 fully saturated rings. The smallest absolute Gasteiger partial charge is 0.439 e. The summed E-state index contributed by atoms with van der Waals surface area (Å²) in [5, 5.41) is 16.6. The molecule has 2 N–H and O–H groups in total. The number of ether oxygens (including phenoxy) is 1. The van der Waals surface area contributed by atoms with Crippen molar-refractivity contribution in [2.24, 2.45) is 7.05 Å². The number of rotatable bonds is 6. The van der Waals surface area contributed by atoms with Crippen LogP contribution in [0.1, 0.15) is 21.8 Å². The van der Waals surface area contributed by atoms with Crippen molar-refractivity contribution in [3.63, 3.8) is 0 Å². The van der Waals surface area contributed by atoms with Crippen molar-refractivity contribution in [1.29, 1.82) is 5.26 Å². The van der Waals surface area contributed by atoms with Crippen LogP contribution in [0.4, 0.5) is 5.69 Å². The summed E-state index contributed by atoms with van der Waals surface area (Å²) in [5.74, 6) is 0.249. The lowest BCUT2D eigenvalue weighted by Crippen LogP contribution is -2.16. The number of carbonyl (C=O) groups is 1. The highest BCUT2D eigenvalue weighted by Crippen LogP contribution is 2.31. The number of hydrogen-bond acceptors (Lipinski definition) is 7. The van der Waals surface area contributed by atoms with Gasteiger partial charge in [0, 0.05) is 18.0 Å². The number of furan rings is 1. The predicted octanol–water partition coefficient (Wildman–Crippen LogP) is 3.82. The Kier molecular flexibility index (Phi) is 5.20. The largest absolute Gasteiger partial charge is 0.483 e. The topological polar surface area (TPSA) is 139 Å². The SMILES string of the molecule is Cn1c(C(=O)Nc2ccc(C#N)cc2-c2noc(=O)[nH]2)cc2cccc(OCc3ccco3)c21. The summed E-state index contributed by atoms with van der Waals surface area (Å²) in [6.07, 6.45) is 1.58. The average molecular weight is 455 g/mol. The van der Waals surface area contributed by atoms with Crippen LogP contribution in [0.25, 0.3) is 22.3 Å². The summed E-state index contributed by atoms with van der Waals surface area (Å²) in [4.78, 5) is 27.1. The quantitative estimate of drug-likeness (QED) is 0.397. The molecule has 168 valence electrons. The first-order valence-electron chi connectivity index (χ1n) is 10.2. The van der Waals surface area contributed by atoms with Crippen molar-refractivity contribution in [2.45, 2.75) is 6.61 Å². The van der Waals surface area contributed by atoms with Crippen molar-refractivity contribution in [1.82, 2.24) is 14.7 Å². The van der Waals surface area contributed by atoms with Crippen LogP contribution in [-0.4, -0.2) is 20.6 Å². The highest BCUT2D eigenvalue weighted by Gasteiger charge is 2.19. The van der Waals surface area contributed by atoms with Crippen LogP contribution in [0.15, 0.2) is 74.6 Å². The van der Waals surface area contributed by atoms with Gasteiger partial charge in [-0.1, -0.05) is 17.3 Å². The number of nitriles is 1. The summed E-state index contributed by atoms with van der Waals surface area (Å²) in [7, 11) is 1.77. The zero-order valence-electron chi connectivity index (χ0n) is 17.9. The van der Waals surface area contributed by atoms with Crippen LogP contribution in [0.5, 0.6) is 5.75 Å². The molecule has 0 aliphatic heterocycles. The van der Waals surface area contributed by atoms with Crippen LogP contribution >= 0.6 is 0 Å². The zero-order valence-corrected chi connectivity index (χ0v) is 17.9. The Morgan fingerprint density at radius 2 is 2.12 bits per heavy atom. The van der Waals surface area contributed by atoms with E-state index in [1.165, 1.54) is 6.07 Å². The minimum atomic E-state index is -0.745. The van der Waals surface area contributed by atoms with Crippen molar-refractivity contribution in [2.75, 3.05) is 5.32 Å². The van der Waals surface area contributed by atoms with Crippen molar-refractivity contribution >= 4 is 22.5 Å². The Balaban J connectivity index is 1.48. The fraction of sp³-hybridized carbons (Fsp3) is 0.0833. The Morgan fingerprint density at radius 3 is 2.85 bits per heavy atom. The number of carbonyl (C=O) groups excluding carboxylic acids is 1. The molecule has 5 rings (SSSR count). The Morgan fingerprint density at radius 1 is 1.24 bits per heavy atom. The van der Waals surface area contributed by atoms with Gasteiger partial charge in [0.05, 0.1) is 29.1 Å². The molecule has 10 heteroatoms. The van der Waals surface area contributed by atoms with E-state index in [1.807, 2.05) is 30.3 Å². The van der Waals surface area contributed by atoms with Crippen molar-refractivity contribution in [3.05, 3.63) is 88.4 Å². The maximum atomic E-state index is 13.2. The van der Waals surface area contributed by atoms with E-state index in [1.54, 1.807) is 42.1 Å². The van der Waals surface area contributed by atoms with Gasteiger partial charge in [-0.25, -0.2) is 4.79 Å². The summed E-state index contributed by atoms with van der Waals surface area (Å²) in [6, 6.07) is 17.6. The van der Waals surface area contributed by atoms with Crippen molar-refractivity contribution < 1.29 is 18.5 Å². The maximum Gasteiger partial charge on any atom is 0.439 e. The monoisotopic (exact) mass is 455 g/mol. The lowest BCUT2D eigenvalue weighted by atomic mass is 10.1. The molecular formula is C24H17N5O5. The highest BCUT2D eigenvalue weighted by atomic mass is 16.5. The Bertz CT molecular complexity index is 1600. The molecule has 10 nitrogen and oxygen atoms in total. The van der Waals surface area contributed by atoms with Gasteiger partial charge in [0.1, 0.15) is 23.8 Å². The van der Waals surface area contributed by atoms with Crippen LogP contribution in [0.2, 0.25) is 0 Å². The number of hydrogen-bond donors (Lipinski definition) is 2. The van der Waals surface area contributed by atoms with Gasteiger partial charge in [-0.3, -0.25) is 14.3 Å². The van der Waals surface area contributed by atoms with Gasteiger partial charge in [-0.2, -0.15) is 5.26 Å². The number of amides is 1. The third-order valence-corrected chi connectivity index (χ3v) is 5.29. The second-order valence-corrected chi connectivity index (χ2v) is 7.42. The second kappa shape index (κ2) is 8.48. The first kappa shape index (κ1) is 20.8. The number of para-hydroxylation sites is 1. The normalized spacial score (nSPS) is 10.8. The number of nitrogens with one attached hydrogen (secondary N) is 2. The first-order valence-corrected chi connectivity index (χ1v) is 10.2. The van der Waals surface area contributed by atoms with E-state index < -0.39 is 11.7 Å². The van der Waals surface area contributed by atoms with Gasteiger partial charge in [0.25, 0.3) is 5.91 Å². The minimum Gasteiger partial charge on any atom is -0.483 e. The van der Waals surface area contributed by atoms with Gasteiger partial charge in [0.15, 0.2) is 5.82 Å². The zero-order chi connectivity index (χ0) is 23.7. The molecule has 0 bridgehead atoms. The molecule has 0 saturated heterocycles. The summed E-state index contributed by atoms with van der Waals surface area (Å²) < 4.78 is 17.6. The maximum absolute atomic E-state index is 13.2. The molecule has 5 aromatic rings. The number of benzene rings is 2. The van der Waals surface area contributed by atoms with Gasteiger partial charge < -0.3 is 19.0 Å². The third-order valence-electron chi connectivity index (χ3n) is 5.29. The molecule has 0 spiro atoms. The molecule has 0 aliphatic carbocycles. The van der Waals surface area contributed by atoms with Gasteiger partial charge >= 0.3 is 5.76 Å². The van der Waals surface area contributed by atoms with Crippen LogP contribution < -0.4 is 15.8 Å². The van der Waals surface area contributed by atoms with Gasteiger partial charge in [0.2, 0.25) is 0 Å². The molecule has 0 radical (unpaired) electrons. The lowest BCUT2D eigenvalue weighted by Gasteiger charge is -2.11. The molecule has 0 unspecified atom stereocenters. The number of aromatic amines is 1. The molecule has 0 aliphatic rings. The van der Waals surface area contributed by atoms with Crippen LogP contribution in [0.3, 0.4) is 0 Å². The van der Waals surface area contributed by atoms with E-state index in [4.69, 9.17) is 9.15 Å². The lowest BCUT2D eigenvalue weighted by molar-refractivity contribution is 0.101. The first-order chi connectivity index (χ1) is 16.5. The third kappa shape index (κ3) is 3.82. The van der Waals surface area contributed by atoms with E-state index in [9.17, 15) is 14.9 Å². The fourth-order valence-electron chi connectivity index (χ4n) is 3.71. The van der Waals surface area contributed by atoms with Crippen LogP contribution in [0, 0.1) is 11.3 Å². The van der Waals surface area contributed by atoms with Gasteiger partial charge in [-0.15, -0.1) is 0 Å². The number of fused-ring (bicyclic) bond motifs is 1. The molecule has 2 aromatic carbocycles. The summed E-state index contributed by atoms with van der Waals surface area (Å²) in [6.45, 7) is 0.253. The summed E-state index contributed by atoms with van der Waals surface area (Å²) in [5.41, 5.74) is 2.17. The van der Waals surface area contributed by atoms with E-state index in [2.05, 4.69) is 20.0 Å². The predicted molar refractivity (Wildman–Crippen MR) is 121 cm³/mol. The molecule has 34 heavy (non-hydrogen) atoms. The van der Waals surface area contributed by atoms with Crippen molar-refractivity contribution in [3.8, 4) is 23.2 Å². The number of nitrogens with zero attached hydrogens (tertiary/aromatic N) is 3. The Hall–Kier alpha value is -5.04. The minimum absolute atomic E-state index is 0.100. The second-order valence-electron chi connectivity index (χ2n) is 7.42. The number of H-pyrrole nitrogens is 1. The fourth-order valence-corrected chi connectivity index (χ4v) is 3.71. The number of aromatic nitrogens is 3. The average Bonchev–Trinajstić information content (AvgIpc) is 3.59. The Labute approximate surface area is 192 Å². The van der Waals surface area contributed by atoms with E-state index in [0.717, 1.165) is 10.9 Å². The molecule has 1 amide bonds. The van der Waals surface area contributed by atoms with Gasteiger partial charge in [-0.05, 0) is 42.5 Å². The number of aryl methyl sites for hydroxylation is 1. The highest BCUT2D eigenvalue weighted by molar-refractivity contribution is 6.08. The summed E-state index contributed by atoms with van der Waals surface area (Å²) >= 11 is 0. The van der Waals surface area contributed by atoms with E-state index >= 15 is 0 Å². The standard InChI is InChI=1S/C24H17N5O5/c1-29-19(11-15-4-2-6-20(21(15)29)33-13-16-5-3-9-32-16)23(30)26-18-8-7-14(12-25)10-17(18)22-27-24(31)34-28-22/h2-11H,13H2,1H3,(H,26,30)(H,27,28,31). The number of anilines is 1. The molecule has 3 aromatic heterocycles.